The van der Waals surface area contributed by atoms with Crippen LogP contribution in [0.5, 0.6) is 0 Å². The van der Waals surface area contributed by atoms with Gasteiger partial charge in [0, 0.05) is 15.5 Å². The molecule has 4 heteroatoms. The number of aromatic carboxylic acids is 1. The van der Waals surface area contributed by atoms with E-state index in [9.17, 15) is 4.79 Å². The van der Waals surface area contributed by atoms with Crippen LogP contribution in [0, 0.1) is 0 Å². The molecule has 0 saturated heterocycles. The third-order valence-corrected chi connectivity index (χ3v) is 4.30. The molecule has 2 aromatic carbocycles. The van der Waals surface area contributed by atoms with E-state index in [1.165, 1.54) is 23.4 Å². The van der Waals surface area contributed by atoms with Gasteiger partial charge in [-0.1, -0.05) is 44.7 Å². The molecule has 0 aliphatic rings. The lowest BCUT2D eigenvalue weighted by Crippen LogP contribution is -2.10. The lowest BCUT2D eigenvalue weighted by atomic mass is 9.87. The van der Waals surface area contributed by atoms with E-state index in [1.807, 2.05) is 0 Å². The van der Waals surface area contributed by atoms with E-state index < -0.39 is 5.97 Å². The van der Waals surface area contributed by atoms with Crippen LogP contribution in [-0.2, 0) is 5.41 Å². The van der Waals surface area contributed by atoms with Crippen molar-refractivity contribution >= 4 is 23.4 Å². The van der Waals surface area contributed by atoms with Crippen LogP contribution in [0.1, 0.15) is 36.7 Å². The van der Waals surface area contributed by atoms with Crippen molar-refractivity contribution in [2.24, 2.45) is 0 Å². The molecule has 0 unspecified atom stereocenters. The lowest BCUT2D eigenvalue weighted by molar-refractivity contribution is 0.0697. The monoisotopic (exact) mass is 301 g/mol. The summed E-state index contributed by atoms with van der Waals surface area (Å²) in [4.78, 5) is 12.8. The molecule has 0 aliphatic heterocycles. The summed E-state index contributed by atoms with van der Waals surface area (Å²) in [5.74, 6) is -0.965. The molecule has 3 N–H and O–H groups in total. The Morgan fingerprint density at radius 1 is 1.10 bits per heavy atom. The van der Waals surface area contributed by atoms with Crippen molar-refractivity contribution in [3.05, 3.63) is 53.6 Å². The minimum absolute atomic E-state index is 0.130. The fraction of sp³-hybridized carbons (Fsp3) is 0.235. The van der Waals surface area contributed by atoms with E-state index in [-0.39, 0.29) is 11.0 Å². The average Bonchev–Trinajstić information content (AvgIpc) is 2.40. The largest absolute Gasteiger partial charge is 0.478 e. The first-order valence-corrected chi connectivity index (χ1v) is 7.50. The maximum Gasteiger partial charge on any atom is 0.335 e. The maximum atomic E-state index is 10.9. The van der Waals surface area contributed by atoms with Crippen molar-refractivity contribution in [3.8, 4) is 0 Å². The number of nitrogen functional groups attached to an aromatic ring is 1. The Bertz CT molecular complexity index is 657. The van der Waals surface area contributed by atoms with E-state index in [2.05, 4.69) is 45.0 Å². The first kappa shape index (κ1) is 15.4. The molecule has 0 radical (unpaired) electrons. The van der Waals surface area contributed by atoms with Crippen LogP contribution in [0.25, 0.3) is 0 Å². The van der Waals surface area contributed by atoms with Crippen molar-refractivity contribution in [1.29, 1.82) is 0 Å². The van der Waals surface area contributed by atoms with Crippen molar-refractivity contribution in [1.82, 2.24) is 0 Å². The van der Waals surface area contributed by atoms with E-state index in [0.29, 0.717) is 5.69 Å². The smallest absolute Gasteiger partial charge is 0.335 e. The first-order valence-electron chi connectivity index (χ1n) is 6.68. The van der Waals surface area contributed by atoms with Gasteiger partial charge in [0.25, 0.3) is 0 Å². The minimum atomic E-state index is -0.965. The minimum Gasteiger partial charge on any atom is -0.478 e. The summed E-state index contributed by atoms with van der Waals surface area (Å²) >= 11 is 1.54. The Labute approximate surface area is 129 Å². The fourth-order valence-electron chi connectivity index (χ4n) is 1.92. The number of carboxylic acid groups (broad SMARTS) is 1. The zero-order valence-corrected chi connectivity index (χ0v) is 13.2. The van der Waals surface area contributed by atoms with Crippen LogP contribution in [0.3, 0.4) is 0 Å². The zero-order valence-electron chi connectivity index (χ0n) is 12.4. The summed E-state index contributed by atoms with van der Waals surface area (Å²) < 4.78 is 0. The third kappa shape index (κ3) is 3.79. The van der Waals surface area contributed by atoms with Crippen molar-refractivity contribution in [3.63, 3.8) is 0 Å². The van der Waals surface area contributed by atoms with E-state index in [4.69, 9.17) is 10.8 Å². The van der Waals surface area contributed by atoms with Gasteiger partial charge in [-0.15, -0.1) is 0 Å². The predicted molar refractivity (Wildman–Crippen MR) is 87.1 cm³/mol. The molecule has 0 aromatic heterocycles. The number of anilines is 1. The van der Waals surface area contributed by atoms with Crippen molar-refractivity contribution in [2.75, 3.05) is 5.73 Å². The first-order chi connectivity index (χ1) is 9.77. The summed E-state index contributed by atoms with van der Waals surface area (Å²) in [5, 5.41) is 8.93. The van der Waals surface area contributed by atoms with Crippen LogP contribution >= 0.6 is 11.8 Å². The molecule has 0 bridgehead atoms. The van der Waals surface area contributed by atoms with Gasteiger partial charge in [0.2, 0.25) is 0 Å². The topological polar surface area (TPSA) is 63.3 Å². The molecule has 0 atom stereocenters. The Morgan fingerprint density at radius 3 is 2.19 bits per heavy atom. The summed E-state index contributed by atoms with van der Waals surface area (Å²) in [5.41, 5.74) is 8.03. The Hall–Kier alpha value is -1.94. The lowest BCUT2D eigenvalue weighted by Gasteiger charge is -2.19. The predicted octanol–water partition coefficient (Wildman–Crippen LogP) is 4.42. The molecule has 21 heavy (non-hydrogen) atoms. The van der Waals surface area contributed by atoms with Gasteiger partial charge in [0.05, 0.1) is 5.56 Å². The van der Waals surface area contributed by atoms with Crippen LogP contribution in [-0.4, -0.2) is 11.1 Å². The van der Waals surface area contributed by atoms with Crippen LogP contribution in [0.4, 0.5) is 5.69 Å². The highest BCUT2D eigenvalue weighted by Crippen LogP contribution is 2.33. The zero-order chi connectivity index (χ0) is 15.6. The van der Waals surface area contributed by atoms with E-state index in [0.717, 1.165) is 9.79 Å². The molecule has 2 aromatic rings. The number of hydrogen-bond acceptors (Lipinski definition) is 3. The second-order valence-corrected chi connectivity index (χ2v) is 7.05. The number of carboxylic acids is 1. The molecular formula is C17H19NO2S. The highest BCUT2D eigenvalue weighted by Gasteiger charge is 2.13. The molecular weight excluding hydrogens is 282 g/mol. The number of benzene rings is 2. The Balaban J connectivity index is 2.20. The SMILES string of the molecule is CC(C)(C)c1ccc(Sc2ccc(C(=O)O)cc2N)cc1. The van der Waals surface area contributed by atoms with Gasteiger partial charge in [-0.05, 0) is 41.3 Å². The van der Waals surface area contributed by atoms with Gasteiger partial charge in [-0.3, -0.25) is 0 Å². The number of rotatable bonds is 3. The highest BCUT2D eigenvalue weighted by atomic mass is 32.2. The summed E-state index contributed by atoms with van der Waals surface area (Å²) in [6, 6.07) is 13.2. The molecule has 0 aliphatic carbocycles. The van der Waals surface area contributed by atoms with Crippen LogP contribution in [0.15, 0.2) is 52.3 Å². The van der Waals surface area contributed by atoms with Crippen LogP contribution in [0.2, 0.25) is 0 Å². The summed E-state index contributed by atoms with van der Waals surface area (Å²) in [7, 11) is 0. The van der Waals surface area contributed by atoms with E-state index >= 15 is 0 Å². The average molecular weight is 301 g/mol. The number of hydrogen-bond donors (Lipinski definition) is 2. The standard InChI is InChI=1S/C17H19NO2S/c1-17(2,3)12-5-7-13(8-6-12)21-15-9-4-11(16(19)20)10-14(15)18/h4-10H,18H2,1-3H3,(H,19,20). The third-order valence-electron chi connectivity index (χ3n) is 3.20. The molecule has 110 valence electrons. The van der Waals surface area contributed by atoms with Crippen LogP contribution < -0.4 is 5.73 Å². The van der Waals surface area contributed by atoms with Gasteiger partial charge < -0.3 is 10.8 Å². The molecule has 0 fully saturated rings. The van der Waals surface area contributed by atoms with Gasteiger partial charge in [0.15, 0.2) is 0 Å². The summed E-state index contributed by atoms with van der Waals surface area (Å²) in [6.07, 6.45) is 0. The highest BCUT2D eigenvalue weighted by molar-refractivity contribution is 7.99. The van der Waals surface area contributed by atoms with E-state index in [1.54, 1.807) is 12.1 Å². The van der Waals surface area contributed by atoms with Crippen molar-refractivity contribution in [2.45, 2.75) is 36.0 Å². The fourth-order valence-corrected chi connectivity index (χ4v) is 2.76. The maximum absolute atomic E-state index is 10.9. The second kappa shape index (κ2) is 5.82. The van der Waals surface area contributed by atoms with Gasteiger partial charge in [0.1, 0.15) is 0 Å². The molecule has 0 spiro atoms. The van der Waals surface area contributed by atoms with Gasteiger partial charge in [-0.2, -0.15) is 0 Å². The van der Waals surface area contributed by atoms with Crippen molar-refractivity contribution < 1.29 is 9.90 Å². The molecule has 2 rings (SSSR count). The number of carbonyl (C=O) groups is 1. The quantitative estimate of drug-likeness (QED) is 0.824. The Kier molecular flexibility index (Phi) is 4.28. The molecule has 0 amide bonds. The Morgan fingerprint density at radius 2 is 1.71 bits per heavy atom. The van der Waals surface area contributed by atoms with Gasteiger partial charge in [-0.25, -0.2) is 4.79 Å². The summed E-state index contributed by atoms with van der Waals surface area (Å²) in [6.45, 7) is 6.54. The normalized spacial score (nSPS) is 11.4. The second-order valence-electron chi connectivity index (χ2n) is 5.93. The molecule has 0 heterocycles. The van der Waals surface area contributed by atoms with Gasteiger partial charge >= 0.3 is 5.97 Å². The molecule has 3 nitrogen and oxygen atoms in total. The number of nitrogens with two attached hydrogens (primary N) is 1. The molecule has 0 saturated carbocycles.